The summed E-state index contributed by atoms with van der Waals surface area (Å²) in [7, 11) is -3.91. The molecule has 0 aliphatic heterocycles. The smallest absolute Gasteiger partial charge is 0.400 e. The van der Waals surface area contributed by atoms with Crippen molar-refractivity contribution in [3.8, 4) is 17.4 Å². The molecule has 158 valence electrons. The standard InChI is InChI=1S/C24H19N4O3P/c29-32(30-20-11-3-1-4-12-20,31-21-13-5-2-6-14-21)27-23-18-19-10-7-8-15-22(19)28(23)24-25-16-9-17-26-24/h1-18H,(H,27,29). The van der Waals surface area contributed by atoms with Gasteiger partial charge in [-0.05, 0) is 42.5 Å². The maximum Gasteiger partial charge on any atom is 0.542 e. The van der Waals surface area contributed by atoms with Crippen LogP contribution in [0.5, 0.6) is 11.5 Å². The quantitative estimate of drug-likeness (QED) is 0.307. The van der Waals surface area contributed by atoms with Crippen LogP contribution in [0.4, 0.5) is 5.82 Å². The van der Waals surface area contributed by atoms with E-state index in [2.05, 4.69) is 15.1 Å². The third-order valence-corrected chi connectivity index (χ3v) is 6.06. The molecule has 0 atom stereocenters. The average molecular weight is 442 g/mol. The Balaban J connectivity index is 1.60. The summed E-state index contributed by atoms with van der Waals surface area (Å²) < 4.78 is 27.5. The second-order valence-corrected chi connectivity index (χ2v) is 8.47. The molecule has 0 saturated carbocycles. The first-order valence-electron chi connectivity index (χ1n) is 9.96. The second kappa shape index (κ2) is 8.57. The molecule has 7 nitrogen and oxygen atoms in total. The van der Waals surface area contributed by atoms with Crippen LogP contribution in [0.2, 0.25) is 0 Å². The van der Waals surface area contributed by atoms with Crippen molar-refractivity contribution in [3.63, 3.8) is 0 Å². The first-order chi connectivity index (χ1) is 15.7. The molecular formula is C24H19N4O3P. The minimum atomic E-state index is -3.91. The van der Waals surface area contributed by atoms with E-state index in [1.165, 1.54) is 0 Å². The van der Waals surface area contributed by atoms with Crippen molar-refractivity contribution in [2.75, 3.05) is 5.09 Å². The molecule has 5 rings (SSSR count). The zero-order valence-electron chi connectivity index (χ0n) is 16.9. The first-order valence-corrected chi connectivity index (χ1v) is 11.5. The van der Waals surface area contributed by atoms with E-state index in [9.17, 15) is 4.57 Å². The van der Waals surface area contributed by atoms with E-state index in [1.807, 2.05) is 42.5 Å². The molecule has 0 spiro atoms. The summed E-state index contributed by atoms with van der Waals surface area (Å²) >= 11 is 0. The van der Waals surface area contributed by atoms with Gasteiger partial charge in [-0.15, -0.1) is 0 Å². The third kappa shape index (κ3) is 4.19. The molecule has 0 unspecified atom stereocenters. The number of anilines is 1. The summed E-state index contributed by atoms with van der Waals surface area (Å²) in [5, 5.41) is 3.93. The Labute approximate surface area is 184 Å². The van der Waals surface area contributed by atoms with Gasteiger partial charge < -0.3 is 9.05 Å². The van der Waals surface area contributed by atoms with E-state index in [0.717, 1.165) is 10.9 Å². The Morgan fingerprint density at radius 1 is 0.719 bits per heavy atom. The van der Waals surface area contributed by atoms with Crippen molar-refractivity contribution in [1.29, 1.82) is 0 Å². The topological polar surface area (TPSA) is 78.3 Å². The van der Waals surface area contributed by atoms with Gasteiger partial charge in [-0.3, -0.25) is 9.65 Å². The normalized spacial score (nSPS) is 11.2. The zero-order valence-corrected chi connectivity index (χ0v) is 17.8. The van der Waals surface area contributed by atoms with Crippen molar-refractivity contribution < 1.29 is 13.6 Å². The predicted molar refractivity (Wildman–Crippen MR) is 124 cm³/mol. The van der Waals surface area contributed by atoms with Gasteiger partial charge in [-0.1, -0.05) is 54.6 Å². The maximum atomic E-state index is 14.0. The molecule has 8 heteroatoms. The molecule has 0 radical (unpaired) electrons. The van der Waals surface area contributed by atoms with Gasteiger partial charge in [0.25, 0.3) is 0 Å². The summed E-state index contributed by atoms with van der Waals surface area (Å²) in [6.45, 7) is 0. The van der Waals surface area contributed by atoms with Crippen LogP contribution >= 0.6 is 7.75 Å². The molecule has 2 heterocycles. The van der Waals surface area contributed by atoms with Crippen LogP contribution in [-0.4, -0.2) is 14.5 Å². The summed E-state index contributed by atoms with van der Waals surface area (Å²) in [5.41, 5.74) is 0.854. The van der Waals surface area contributed by atoms with Gasteiger partial charge in [0.2, 0.25) is 5.95 Å². The van der Waals surface area contributed by atoms with Crippen molar-refractivity contribution in [1.82, 2.24) is 14.5 Å². The molecule has 3 aromatic carbocycles. The van der Waals surface area contributed by atoms with E-state index < -0.39 is 7.75 Å². The lowest BCUT2D eigenvalue weighted by Crippen LogP contribution is -2.13. The second-order valence-electron chi connectivity index (χ2n) is 6.89. The predicted octanol–water partition coefficient (Wildman–Crippen LogP) is 6.10. The molecule has 32 heavy (non-hydrogen) atoms. The number of rotatable bonds is 7. The lowest BCUT2D eigenvalue weighted by atomic mass is 10.2. The summed E-state index contributed by atoms with van der Waals surface area (Å²) in [5.74, 6) is 1.74. The number of nitrogens with one attached hydrogen (secondary N) is 1. The van der Waals surface area contributed by atoms with E-state index in [1.54, 1.807) is 71.6 Å². The van der Waals surface area contributed by atoms with Crippen molar-refractivity contribution in [2.45, 2.75) is 0 Å². The highest BCUT2D eigenvalue weighted by molar-refractivity contribution is 7.56. The molecule has 0 aliphatic rings. The molecule has 0 bridgehead atoms. The summed E-state index contributed by atoms with van der Waals surface area (Å²) in [4.78, 5) is 8.74. The average Bonchev–Trinajstić information content (AvgIpc) is 3.18. The van der Waals surface area contributed by atoms with E-state index >= 15 is 0 Å². The fourth-order valence-corrected chi connectivity index (χ4v) is 4.68. The minimum Gasteiger partial charge on any atom is -0.400 e. The summed E-state index contributed by atoms with van der Waals surface area (Å²) in [6, 6.07) is 29.2. The highest BCUT2D eigenvalue weighted by Crippen LogP contribution is 2.49. The Hall–Kier alpha value is -4.09. The first kappa shape index (κ1) is 19.8. The third-order valence-electron chi connectivity index (χ3n) is 4.65. The zero-order chi connectivity index (χ0) is 21.8. The number of hydrogen-bond donors (Lipinski definition) is 1. The van der Waals surface area contributed by atoms with Crippen LogP contribution in [0.1, 0.15) is 0 Å². The molecule has 0 saturated heterocycles. The Bertz CT molecular complexity index is 1330. The Morgan fingerprint density at radius 2 is 1.28 bits per heavy atom. The van der Waals surface area contributed by atoms with E-state index in [-0.39, 0.29) is 0 Å². The van der Waals surface area contributed by atoms with Crippen molar-refractivity contribution >= 4 is 24.5 Å². The monoisotopic (exact) mass is 442 g/mol. The number of hydrogen-bond acceptors (Lipinski definition) is 5. The highest BCUT2D eigenvalue weighted by atomic mass is 31.2. The van der Waals surface area contributed by atoms with Crippen LogP contribution < -0.4 is 14.1 Å². The SMILES string of the molecule is O=P(Nc1cc2ccccc2n1-c1ncccn1)(Oc1ccccc1)Oc1ccccc1. The van der Waals surface area contributed by atoms with E-state index in [4.69, 9.17) is 9.05 Å². The van der Waals surface area contributed by atoms with Crippen LogP contribution in [0.3, 0.4) is 0 Å². The van der Waals surface area contributed by atoms with Crippen molar-refractivity contribution in [3.05, 3.63) is 109 Å². The number of nitrogens with zero attached hydrogens (tertiary/aromatic N) is 3. The number of aromatic nitrogens is 3. The van der Waals surface area contributed by atoms with Gasteiger partial charge in [0, 0.05) is 17.8 Å². The van der Waals surface area contributed by atoms with Gasteiger partial charge in [-0.2, -0.15) is 0 Å². The maximum absolute atomic E-state index is 14.0. The van der Waals surface area contributed by atoms with Gasteiger partial charge in [0.15, 0.2) is 0 Å². The number of para-hydroxylation sites is 3. The lowest BCUT2D eigenvalue weighted by molar-refractivity contribution is 0.392. The van der Waals surface area contributed by atoms with E-state index in [0.29, 0.717) is 23.3 Å². The van der Waals surface area contributed by atoms with Gasteiger partial charge in [0.05, 0.1) is 5.52 Å². The van der Waals surface area contributed by atoms with Crippen LogP contribution in [-0.2, 0) is 4.57 Å². The molecule has 5 aromatic rings. The van der Waals surface area contributed by atoms with Gasteiger partial charge in [0.1, 0.15) is 17.3 Å². The molecule has 2 aromatic heterocycles. The fourth-order valence-electron chi connectivity index (χ4n) is 3.30. The molecule has 1 N–H and O–H groups in total. The highest BCUT2D eigenvalue weighted by Gasteiger charge is 2.31. The van der Waals surface area contributed by atoms with Crippen LogP contribution in [0, 0.1) is 0 Å². The van der Waals surface area contributed by atoms with Crippen LogP contribution in [0.15, 0.2) is 109 Å². The fraction of sp³-hybridized carbons (Fsp3) is 0. The molecule has 0 fully saturated rings. The molecule has 0 aliphatic carbocycles. The Morgan fingerprint density at radius 3 is 1.91 bits per heavy atom. The van der Waals surface area contributed by atoms with Gasteiger partial charge in [-0.25, -0.2) is 14.5 Å². The number of fused-ring (bicyclic) bond motifs is 1. The minimum absolute atomic E-state index is 0.415. The number of benzene rings is 3. The largest absolute Gasteiger partial charge is 0.542 e. The Kier molecular flexibility index (Phi) is 5.32. The summed E-state index contributed by atoms with van der Waals surface area (Å²) in [6.07, 6.45) is 3.31. The van der Waals surface area contributed by atoms with Crippen LogP contribution in [0.25, 0.3) is 16.9 Å². The molecular weight excluding hydrogens is 423 g/mol. The van der Waals surface area contributed by atoms with Gasteiger partial charge >= 0.3 is 7.75 Å². The lowest BCUT2D eigenvalue weighted by Gasteiger charge is -2.21. The molecule has 0 amide bonds. The van der Waals surface area contributed by atoms with Crippen molar-refractivity contribution in [2.24, 2.45) is 0 Å².